The van der Waals surface area contributed by atoms with Crippen molar-refractivity contribution in [3.63, 3.8) is 0 Å². The van der Waals surface area contributed by atoms with Crippen LogP contribution in [-0.2, 0) is 10.8 Å². The Morgan fingerprint density at radius 1 is 1.59 bits per heavy atom. The molecule has 0 aliphatic carbocycles. The molecule has 4 nitrogen and oxygen atoms in total. The number of hydrogen-bond donors (Lipinski definition) is 2. The number of hydrogen-bond acceptors (Lipinski definition) is 3. The van der Waals surface area contributed by atoms with E-state index in [0.717, 1.165) is 0 Å². The Kier molecular flexibility index (Phi) is 4.96. The van der Waals surface area contributed by atoms with Gasteiger partial charge in [-0.15, -0.1) is 0 Å². The normalized spacial score (nSPS) is 14.1. The number of halogens is 1. The molecule has 2 atom stereocenters. The molecule has 3 N–H and O–H groups in total. The van der Waals surface area contributed by atoms with E-state index in [1.54, 1.807) is 18.4 Å². The number of carbonyl (C=O) groups excluding carboxylic acids is 1. The highest BCUT2D eigenvalue weighted by Gasteiger charge is 2.11. The quantitative estimate of drug-likeness (QED) is 0.816. The smallest absolute Gasteiger partial charge is 0.251 e. The van der Waals surface area contributed by atoms with Gasteiger partial charge in [-0.25, -0.2) is 0 Å². The molecule has 0 aliphatic rings. The molecular weight excluding hydrogens is 260 g/mol. The predicted molar refractivity (Wildman–Crippen MR) is 71.7 cm³/mol. The average molecular weight is 275 g/mol. The van der Waals surface area contributed by atoms with E-state index in [-0.39, 0.29) is 11.2 Å². The topological polar surface area (TPSA) is 72.2 Å². The molecule has 0 heterocycles. The zero-order valence-corrected chi connectivity index (χ0v) is 11.3. The van der Waals surface area contributed by atoms with Gasteiger partial charge in [0.25, 0.3) is 5.91 Å². The summed E-state index contributed by atoms with van der Waals surface area (Å²) in [5, 5.41) is 2.97. The molecule has 0 saturated carbocycles. The van der Waals surface area contributed by atoms with E-state index >= 15 is 0 Å². The first-order chi connectivity index (χ1) is 7.91. The Balaban J connectivity index is 2.64. The fraction of sp³-hybridized carbons (Fsp3) is 0.364. The van der Waals surface area contributed by atoms with Gasteiger partial charge < -0.3 is 11.1 Å². The van der Waals surface area contributed by atoms with Crippen LogP contribution in [0, 0.1) is 0 Å². The van der Waals surface area contributed by atoms with Crippen LogP contribution < -0.4 is 11.1 Å². The van der Waals surface area contributed by atoms with Crippen LogP contribution in [0.4, 0.5) is 5.69 Å². The highest BCUT2D eigenvalue weighted by atomic mass is 35.5. The van der Waals surface area contributed by atoms with Crippen LogP contribution in [0.25, 0.3) is 0 Å². The number of carbonyl (C=O) groups is 1. The number of benzene rings is 1. The summed E-state index contributed by atoms with van der Waals surface area (Å²) < 4.78 is 11.1. The maximum atomic E-state index is 11.7. The van der Waals surface area contributed by atoms with E-state index in [0.29, 0.717) is 22.8 Å². The molecule has 94 valence electrons. The molecule has 0 saturated heterocycles. The summed E-state index contributed by atoms with van der Waals surface area (Å²) in [5.41, 5.74) is 6.43. The largest absolute Gasteiger partial charge is 0.398 e. The van der Waals surface area contributed by atoms with Gasteiger partial charge in [-0.2, -0.15) is 0 Å². The fourth-order valence-electron chi connectivity index (χ4n) is 1.12. The summed E-state index contributed by atoms with van der Waals surface area (Å²) in [6.07, 6.45) is 1.61. The summed E-state index contributed by atoms with van der Waals surface area (Å²) in [7, 11) is -0.952. The van der Waals surface area contributed by atoms with Crippen LogP contribution in [0.5, 0.6) is 0 Å². The number of anilines is 1. The maximum absolute atomic E-state index is 11.7. The predicted octanol–water partition coefficient (Wildman–Crippen LogP) is 1.42. The Bertz CT molecular complexity index is 451. The molecule has 0 spiro atoms. The van der Waals surface area contributed by atoms with Gasteiger partial charge in [0.05, 0.1) is 10.7 Å². The van der Waals surface area contributed by atoms with E-state index in [2.05, 4.69) is 5.32 Å². The summed E-state index contributed by atoms with van der Waals surface area (Å²) in [4.78, 5) is 11.7. The molecule has 1 amide bonds. The van der Waals surface area contributed by atoms with Crippen molar-refractivity contribution < 1.29 is 9.00 Å². The van der Waals surface area contributed by atoms with E-state index in [1.807, 2.05) is 6.92 Å². The second kappa shape index (κ2) is 6.02. The second-order valence-corrected chi connectivity index (χ2v) is 5.96. The maximum Gasteiger partial charge on any atom is 0.251 e. The highest BCUT2D eigenvalue weighted by molar-refractivity contribution is 7.84. The van der Waals surface area contributed by atoms with Crippen LogP contribution >= 0.6 is 11.6 Å². The Morgan fingerprint density at radius 3 is 2.76 bits per heavy atom. The van der Waals surface area contributed by atoms with Gasteiger partial charge in [-0.3, -0.25) is 9.00 Å². The molecule has 0 fully saturated rings. The molecule has 17 heavy (non-hydrogen) atoms. The molecule has 1 aromatic rings. The van der Waals surface area contributed by atoms with Crippen LogP contribution in [0.1, 0.15) is 17.3 Å². The molecule has 1 rings (SSSR count). The fourth-order valence-corrected chi connectivity index (χ4v) is 1.62. The van der Waals surface area contributed by atoms with Crippen molar-refractivity contribution in [1.82, 2.24) is 5.32 Å². The number of nitrogens with one attached hydrogen (secondary N) is 1. The molecule has 6 heteroatoms. The molecule has 2 unspecified atom stereocenters. The van der Waals surface area contributed by atoms with Gasteiger partial charge in [-0.05, 0) is 25.1 Å². The highest BCUT2D eigenvalue weighted by Crippen LogP contribution is 2.19. The molecule has 0 aromatic heterocycles. The number of rotatable bonds is 4. The van der Waals surface area contributed by atoms with E-state index in [9.17, 15) is 9.00 Å². The van der Waals surface area contributed by atoms with Crippen molar-refractivity contribution in [2.45, 2.75) is 12.2 Å². The Morgan fingerprint density at radius 2 is 2.24 bits per heavy atom. The third kappa shape index (κ3) is 4.02. The number of nitrogen functional groups attached to an aromatic ring is 1. The first kappa shape index (κ1) is 14.0. The molecule has 0 bridgehead atoms. The average Bonchev–Trinajstić information content (AvgIpc) is 2.28. The monoisotopic (exact) mass is 274 g/mol. The van der Waals surface area contributed by atoms with E-state index in [1.165, 1.54) is 6.07 Å². The van der Waals surface area contributed by atoms with Gasteiger partial charge >= 0.3 is 0 Å². The molecule has 0 radical (unpaired) electrons. The van der Waals surface area contributed by atoms with Crippen molar-refractivity contribution in [2.75, 3.05) is 18.5 Å². The van der Waals surface area contributed by atoms with Gasteiger partial charge in [0.15, 0.2) is 0 Å². The lowest BCUT2D eigenvalue weighted by Gasteiger charge is -2.10. The van der Waals surface area contributed by atoms with Crippen molar-refractivity contribution in [3.05, 3.63) is 28.8 Å². The van der Waals surface area contributed by atoms with Crippen molar-refractivity contribution in [3.8, 4) is 0 Å². The minimum atomic E-state index is -0.952. The van der Waals surface area contributed by atoms with Crippen molar-refractivity contribution >= 4 is 34.0 Å². The lowest BCUT2D eigenvalue weighted by molar-refractivity contribution is 0.0954. The van der Waals surface area contributed by atoms with Gasteiger partial charge in [0.1, 0.15) is 0 Å². The standard InChI is InChI=1S/C11H15ClN2O2S/c1-7(17(2)16)6-14-11(15)8-3-4-10(13)9(12)5-8/h3-5,7H,6,13H2,1-2H3,(H,14,15). The van der Waals surface area contributed by atoms with Gasteiger partial charge in [-0.1, -0.05) is 11.6 Å². The molecule has 1 aromatic carbocycles. The summed E-state index contributed by atoms with van der Waals surface area (Å²) in [6, 6.07) is 4.70. The summed E-state index contributed by atoms with van der Waals surface area (Å²) in [6.45, 7) is 2.18. The third-order valence-corrected chi connectivity index (χ3v) is 4.01. The number of amides is 1. The Labute approximate surface area is 108 Å². The second-order valence-electron chi connectivity index (χ2n) is 3.76. The summed E-state index contributed by atoms with van der Waals surface area (Å²) in [5.74, 6) is -0.246. The first-order valence-corrected chi connectivity index (χ1v) is 7.07. The summed E-state index contributed by atoms with van der Waals surface area (Å²) >= 11 is 5.82. The number of nitrogens with two attached hydrogens (primary N) is 1. The first-order valence-electron chi connectivity index (χ1n) is 5.07. The van der Waals surface area contributed by atoms with Crippen molar-refractivity contribution in [2.24, 2.45) is 0 Å². The molecule has 0 aliphatic heterocycles. The van der Waals surface area contributed by atoms with Gasteiger partial charge in [0.2, 0.25) is 0 Å². The Hall–Kier alpha value is -1.07. The third-order valence-electron chi connectivity index (χ3n) is 2.38. The van der Waals surface area contributed by atoms with Crippen LogP contribution in [0.3, 0.4) is 0 Å². The minimum Gasteiger partial charge on any atom is -0.398 e. The van der Waals surface area contributed by atoms with Crippen molar-refractivity contribution in [1.29, 1.82) is 0 Å². The van der Waals surface area contributed by atoms with Crippen LogP contribution in [0.2, 0.25) is 5.02 Å². The zero-order valence-electron chi connectivity index (χ0n) is 9.70. The van der Waals surface area contributed by atoms with Crippen LogP contribution in [0.15, 0.2) is 18.2 Å². The lowest BCUT2D eigenvalue weighted by atomic mass is 10.2. The lowest BCUT2D eigenvalue weighted by Crippen LogP contribution is -2.32. The minimum absolute atomic E-state index is 0.0804. The van der Waals surface area contributed by atoms with E-state index < -0.39 is 10.8 Å². The van der Waals surface area contributed by atoms with Crippen LogP contribution in [-0.4, -0.2) is 28.2 Å². The van der Waals surface area contributed by atoms with E-state index in [4.69, 9.17) is 17.3 Å². The SMILES string of the molecule is CC(CNC(=O)c1ccc(N)c(Cl)c1)S(C)=O. The van der Waals surface area contributed by atoms with Gasteiger partial charge in [0, 0.05) is 34.4 Å². The molecular formula is C11H15ClN2O2S. The zero-order chi connectivity index (χ0) is 13.0.